The van der Waals surface area contributed by atoms with Crippen LogP contribution in [0.3, 0.4) is 0 Å². The number of fused-ring (bicyclic) bond motifs is 6. The van der Waals surface area contributed by atoms with E-state index in [0.717, 1.165) is 56.6 Å². The second kappa shape index (κ2) is 29.5. The predicted octanol–water partition coefficient (Wildman–Crippen LogP) is 23.1. The minimum Gasteiger partial charge on any atom is -0.308 e. The topological polar surface area (TPSA) is 212 Å². The molecule has 0 aliphatic rings. The number of halogens is 3. The Morgan fingerprint density at radius 2 is 0.424 bits per heavy atom. The molecule has 0 amide bonds. The molecule has 0 aliphatic heterocycles. The third kappa shape index (κ3) is 13.3. The first-order valence-corrected chi connectivity index (χ1v) is 37.8. The van der Waals surface area contributed by atoms with Gasteiger partial charge in [-0.05, 0) is 65.7 Å². The molecule has 6 aromatic heterocycles. The number of benzene rings is 14. The van der Waals surface area contributed by atoms with Crippen molar-refractivity contribution in [2.75, 3.05) is 0 Å². The predicted molar refractivity (Wildman–Crippen MR) is 454 cm³/mol. The average Bonchev–Trinajstić information content (AvgIpc) is 1.56. The molecule has 0 atom stereocenters. The molecule has 14 aromatic carbocycles. The molecule has 0 saturated carbocycles. The zero-order chi connectivity index (χ0) is 79.4. The fourth-order valence-electron chi connectivity index (χ4n) is 15.1. The van der Waals surface area contributed by atoms with Gasteiger partial charge in [0.25, 0.3) is 0 Å². The molecule has 118 heavy (non-hydrogen) atoms. The fourth-order valence-corrected chi connectivity index (χ4v) is 15.1. The molecule has 0 spiro atoms. The number of nitrogens with zero attached hydrogens (tertiary/aromatic N) is 16. The Morgan fingerprint density at radius 1 is 0.212 bits per heavy atom. The summed E-state index contributed by atoms with van der Waals surface area (Å²) in [6.07, 6.45) is -4.91. The molecule has 554 valence electrons. The average molecular weight is 1530 g/mol. The Morgan fingerprint density at radius 3 is 0.627 bits per heavy atom. The Balaban J connectivity index is 0.913. The number of hydrogen-bond donors (Lipinski definition) is 0. The number of hydrogen-bond acceptors (Lipinski definition) is 14. The highest BCUT2D eigenvalue weighted by molar-refractivity contribution is 6.13. The first-order valence-electron chi connectivity index (χ1n) is 37.8. The minimum atomic E-state index is -4.91. The Bertz CT molecular complexity index is 6420. The maximum atomic E-state index is 15.7. The van der Waals surface area contributed by atoms with E-state index >= 15 is 13.2 Å². The van der Waals surface area contributed by atoms with Gasteiger partial charge in [-0.15, -0.1) is 0 Å². The van der Waals surface area contributed by atoms with Crippen molar-refractivity contribution in [3.05, 3.63) is 362 Å². The summed E-state index contributed by atoms with van der Waals surface area (Å²) in [5.41, 5.74) is 9.91. The molecule has 19 heteroatoms. The van der Waals surface area contributed by atoms with Crippen LogP contribution in [0.25, 0.3) is 203 Å². The van der Waals surface area contributed by atoms with Crippen LogP contribution in [0.5, 0.6) is 0 Å². The van der Waals surface area contributed by atoms with Gasteiger partial charge in [-0.3, -0.25) is 0 Å². The normalized spacial score (nSPS) is 11.5. The lowest BCUT2D eigenvalue weighted by atomic mass is 9.96. The standard InChI is InChI=1S/C99H57F3N16/c100-99(101,102)75-50-60(58-103)49-73(51-75)74-56-85(117-81-52-69(95-109-87(61-25-9-1-10-26-61)105-88(110-95)62-27-11-2-12-28-62)41-45-76(81)77-46-42-70(53-82(77)117)96-111-89(63-29-13-3-14-30-63)106-90(112-96)64-31-15-4-16-32-64)80(59-104)86(57-74)118-83-54-71(97-113-91(65-33-17-5-18-34-65)107-92(114-97)66-35-19-6-20-36-66)43-47-78(83)79-48-44-72(55-84(79)118)98-115-93(67-37-21-7-22-38-67)108-94(116-98)68-39-23-8-24-40-68/h1-57H. The largest absolute Gasteiger partial charge is 0.416 e. The highest BCUT2D eigenvalue weighted by Crippen LogP contribution is 2.45. The smallest absolute Gasteiger partial charge is 0.308 e. The molecule has 0 unspecified atom stereocenters. The van der Waals surface area contributed by atoms with E-state index in [1.807, 2.05) is 331 Å². The van der Waals surface area contributed by atoms with Crippen molar-refractivity contribution in [2.24, 2.45) is 0 Å². The van der Waals surface area contributed by atoms with Crippen LogP contribution in [0.2, 0.25) is 0 Å². The van der Waals surface area contributed by atoms with Crippen LogP contribution in [0.15, 0.2) is 346 Å². The third-order valence-electron chi connectivity index (χ3n) is 20.8. The van der Waals surface area contributed by atoms with Crippen molar-refractivity contribution in [2.45, 2.75) is 6.18 Å². The number of rotatable bonds is 15. The first-order chi connectivity index (χ1) is 58.0. The summed E-state index contributed by atoms with van der Waals surface area (Å²) in [4.78, 5) is 61.8. The van der Waals surface area contributed by atoms with Crippen LogP contribution in [0.4, 0.5) is 13.2 Å². The zero-order valence-electron chi connectivity index (χ0n) is 62.2. The van der Waals surface area contributed by atoms with E-state index in [9.17, 15) is 10.5 Å². The number of aromatic nitrogens is 14. The van der Waals surface area contributed by atoms with Crippen molar-refractivity contribution in [3.63, 3.8) is 0 Å². The van der Waals surface area contributed by atoms with Gasteiger partial charge < -0.3 is 9.13 Å². The van der Waals surface area contributed by atoms with Crippen LogP contribution >= 0.6 is 0 Å². The van der Waals surface area contributed by atoms with E-state index in [-0.39, 0.29) is 33.6 Å². The molecule has 16 nitrogen and oxygen atoms in total. The molecular weight excluding hydrogens is 1470 g/mol. The van der Waals surface area contributed by atoms with E-state index in [2.05, 4.69) is 6.07 Å². The van der Waals surface area contributed by atoms with E-state index in [4.69, 9.17) is 59.8 Å². The SMILES string of the molecule is N#Cc1cc(-c2cc(-n3c4cc(-c5nc(-c6ccccc6)nc(-c6ccccc6)n5)ccc4c4ccc(-c5nc(-c6ccccc6)nc(-c6ccccc6)n5)cc43)c(C#N)c(-n3c4cc(-c5nc(-c6ccccc6)nc(-c6ccccc6)n5)ccc4c4ccc(-c5nc(-c6ccccc6)nc(-c6ccccc6)n5)cc43)c2)cc(C(F)(F)F)c1. The molecule has 0 saturated heterocycles. The van der Waals surface area contributed by atoms with Crippen molar-refractivity contribution in [1.29, 1.82) is 10.5 Å². The zero-order valence-corrected chi connectivity index (χ0v) is 62.2. The van der Waals surface area contributed by atoms with Gasteiger partial charge >= 0.3 is 6.18 Å². The molecule has 0 aliphatic carbocycles. The van der Waals surface area contributed by atoms with Crippen LogP contribution in [-0.2, 0) is 6.18 Å². The third-order valence-corrected chi connectivity index (χ3v) is 20.8. The van der Waals surface area contributed by atoms with Gasteiger partial charge in [0.1, 0.15) is 11.6 Å². The first kappa shape index (κ1) is 70.6. The fraction of sp³-hybridized carbons (Fsp3) is 0.0101. The highest BCUT2D eigenvalue weighted by atomic mass is 19.4. The lowest BCUT2D eigenvalue weighted by molar-refractivity contribution is -0.137. The maximum absolute atomic E-state index is 15.7. The second-order valence-electron chi connectivity index (χ2n) is 28.2. The lowest BCUT2D eigenvalue weighted by Gasteiger charge is -2.19. The summed E-state index contributed by atoms with van der Waals surface area (Å²) in [6, 6.07) is 112. The molecular formula is C99H57F3N16. The molecule has 0 radical (unpaired) electrons. The van der Waals surface area contributed by atoms with Crippen molar-refractivity contribution < 1.29 is 13.2 Å². The lowest BCUT2D eigenvalue weighted by Crippen LogP contribution is -2.07. The maximum Gasteiger partial charge on any atom is 0.416 e. The van der Waals surface area contributed by atoms with Gasteiger partial charge in [0.2, 0.25) is 0 Å². The van der Waals surface area contributed by atoms with E-state index in [1.165, 1.54) is 6.07 Å². The quantitative estimate of drug-likeness (QED) is 0.0934. The van der Waals surface area contributed by atoms with Gasteiger partial charge in [-0.2, -0.15) is 23.7 Å². The second-order valence-corrected chi connectivity index (χ2v) is 28.2. The summed E-state index contributed by atoms with van der Waals surface area (Å²) in [5, 5.41) is 26.5. The summed E-state index contributed by atoms with van der Waals surface area (Å²) in [6.45, 7) is 0. The molecule has 6 heterocycles. The van der Waals surface area contributed by atoms with E-state index in [0.29, 0.717) is 136 Å². The van der Waals surface area contributed by atoms with Crippen molar-refractivity contribution in [1.82, 2.24) is 68.9 Å². The van der Waals surface area contributed by atoms with Gasteiger partial charge in [-0.25, -0.2) is 59.8 Å². The van der Waals surface area contributed by atoms with Gasteiger partial charge in [0, 0.05) is 88.3 Å². The summed E-state index contributed by atoms with van der Waals surface area (Å²) in [7, 11) is 0. The summed E-state index contributed by atoms with van der Waals surface area (Å²) < 4.78 is 51.0. The Kier molecular flexibility index (Phi) is 17.7. The molecule has 0 fully saturated rings. The van der Waals surface area contributed by atoms with Crippen LogP contribution in [-0.4, -0.2) is 68.9 Å². The van der Waals surface area contributed by atoms with Crippen molar-refractivity contribution in [3.8, 4) is 171 Å². The number of alkyl halides is 3. The summed E-state index contributed by atoms with van der Waals surface area (Å²) in [5.74, 6) is 4.67. The Hall–Kier alpha value is -16.5. The summed E-state index contributed by atoms with van der Waals surface area (Å²) >= 11 is 0. The minimum absolute atomic E-state index is 0.0286. The van der Waals surface area contributed by atoms with E-state index < -0.39 is 11.7 Å². The molecule has 0 bridgehead atoms. The molecule has 20 aromatic rings. The Labute approximate surface area is 672 Å². The number of nitriles is 2. The van der Waals surface area contributed by atoms with Crippen LogP contribution in [0.1, 0.15) is 16.7 Å². The van der Waals surface area contributed by atoms with Gasteiger partial charge in [-0.1, -0.05) is 291 Å². The van der Waals surface area contributed by atoms with Crippen LogP contribution < -0.4 is 0 Å². The highest BCUT2D eigenvalue weighted by Gasteiger charge is 2.33. The monoisotopic (exact) mass is 1530 g/mol. The van der Waals surface area contributed by atoms with Gasteiger partial charge in [0.15, 0.2) is 69.9 Å². The van der Waals surface area contributed by atoms with Gasteiger partial charge in [0.05, 0.1) is 50.6 Å². The van der Waals surface area contributed by atoms with Crippen molar-refractivity contribution >= 4 is 43.6 Å². The molecule has 20 rings (SSSR count). The van der Waals surface area contributed by atoms with Crippen LogP contribution in [0, 0.1) is 22.7 Å². The van der Waals surface area contributed by atoms with E-state index in [1.54, 1.807) is 12.1 Å². The molecule has 0 N–H and O–H groups in total.